The molecule has 140 valence electrons. The van der Waals surface area contributed by atoms with Crippen LogP contribution in [0, 0.1) is 0 Å². The predicted molar refractivity (Wildman–Crippen MR) is 91.5 cm³/mol. The Labute approximate surface area is 153 Å². The minimum Gasteiger partial charge on any atom is -0.329 e. The number of alkyl halides is 3. The van der Waals surface area contributed by atoms with Crippen LogP contribution in [0.1, 0.15) is 16.2 Å². The highest BCUT2D eigenvalue weighted by Gasteiger charge is 2.38. The zero-order chi connectivity index (χ0) is 19.6. The van der Waals surface area contributed by atoms with Crippen molar-refractivity contribution in [2.24, 2.45) is 0 Å². The zero-order valence-corrected chi connectivity index (χ0v) is 14.6. The normalized spacial score (nSPS) is 12.6. The Morgan fingerprint density at radius 3 is 2.37 bits per heavy atom. The Kier molecular flexibility index (Phi) is 5.08. The number of amides is 1. The second-order valence-electron chi connectivity index (χ2n) is 5.40. The standard InChI is InChI=1S/C17H12F3N3O3S/c1-27(25)13-5-3-2-4-12(13)21-15(24)11-8-6-10(7-9-11)14-22-16(26-23-14)17(18,19)20/h2-9H,1H3,(H,21,24)/t27-/m0/s1. The summed E-state index contributed by atoms with van der Waals surface area (Å²) in [5.41, 5.74) is 0.941. The minimum atomic E-state index is -4.72. The molecular formula is C17H12F3N3O3S. The molecule has 0 saturated carbocycles. The average Bonchev–Trinajstić information content (AvgIpc) is 3.12. The van der Waals surface area contributed by atoms with E-state index in [1.54, 1.807) is 24.3 Å². The van der Waals surface area contributed by atoms with Crippen LogP contribution in [0.5, 0.6) is 0 Å². The van der Waals surface area contributed by atoms with Crippen molar-refractivity contribution in [3.63, 3.8) is 0 Å². The van der Waals surface area contributed by atoms with E-state index in [2.05, 4.69) is 20.0 Å². The van der Waals surface area contributed by atoms with Gasteiger partial charge in [0.25, 0.3) is 5.91 Å². The van der Waals surface area contributed by atoms with Gasteiger partial charge in [-0.05, 0) is 24.3 Å². The van der Waals surface area contributed by atoms with E-state index in [9.17, 15) is 22.2 Å². The number of benzene rings is 2. The fourth-order valence-electron chi connectivity index (χ4n) is 2.24. The monoisotopic (exact) mass is 395 g/mol. The van der Waals surface area contributed by atoms with Crippen LogP contribution in [-0.4, -0.2) is 26.5 Å². The van der Waals surface area contributed by atoms with E-state index in [0.29, 0.717) is 10.6 Å². The summed E-state index contributed by atoms with van der Waals surface area (Å²) in [6.45, 7) is 0. The molecule has 0 aliphatic carbocycles. The molecule has 2 aromatic carbocycles. The highest BCUT2D eigenvalue weighted by atomic mass is 32.2. The SMILES string of the molecule is C[S@](=O)c1ccccc1NC(=O)c1ccc(-c2noc(C(F)(F)F)n2)cc1. The fourth-order valence-corrected chi connectivity index (χ4v) is 2.94. The van der Waals surface area contributed by atoms with Gasteiger partial charge in [0.15, 0.2) is 0 Å². The van der Waals surface area contributed by atoms with Crippen LogP contribution < -0.4 is 5.32 Å². The molecule has 27 heavy (non-hydrogen) atoms. The number of halogens is 3. The number of nitrogens with zero attached hydrogens (tertiary/aromatic N) is 2. The highest BCUT2D eigenvalue weighted by Crippen LogP contribution is 2.29. The van der Waals surface area contributed by atoms with Gasteiger partial charge in [-0.2, -0.15) is 18.2 Å². The molecule has 0 saturated heterocycles. The Morgan fingerprint density at radius 2 is 1.78 bits per heavy atom. The van der Waals surface area contributed by atoms with Crippen LogP contribution in [0.15, 0.2) is 57.9 Å². The molecule has 10 heteroatoms. The van der Waals surface area contributed by atoms with E-state index >= 15 is 0 Å². The Morgan fingerprint density at radius 1 is 1.11 bits per heavy atom. The first-order valence-corrected chi connectivity index (χ1v) is 9.06. The Hall–Kier alpha value is -3.01. The molecule has 0 aliphatic rings. The van der Waals surface area contributed by atoms with Crippen molar-refractivity contribution in [3.8, 4) is 11.4 Å². The summed E-state index contributed by atoms with van der Waals surface area (Å²) in [7, 11) is -1.28. The average molecular weight is 395 g/mol. The van der Waals surface area contributed by atoms with Crippen LogP contribution in [0.3, 0.4) is 0 Å². The lowest BCUT2D eigenvalue weighted by Gasteiger charge is -2.09. The third-order valence-corrected chi connectivity index (χ3v) is 4.49. The van der Waals surface area contributed by atoms with Gasteiger partial charge in [-0.15, -0.1) is 0 Å². The first-order valence-electron chi connectivity index (χ1n) is 7.51. The summed E-state index contributed by atoms with van der Waals surface area (Å²) in [5, 5.41) is 5.95. The van der Waals surface area contributed by atoms with Crippen LogP contribution in [0.2, 0.25) is 0 Å². The third kappa shape index (κ3) is 4.22. The minimum absolute atomic E-state index is 0.235. The molecule has 3 aromatic rings. The van der Waals surface area contributed by atoms with E-state index < -0.39 is 28.8 Å². The van der Waals surface area contributed by atoms with E-state index in [-0.39, 0.29) is 17.0 Å². The van der Waals surface area contributed by atoms with Gasteiger partial charge >= 0.3 is 12.1 Å². The van der Waals surface area contributed by atoms with Gasteiger partial charge in [-0.1, -0.05) is 29.4 Å². The van der Waals surface area contributed by atoms with Gasteiger partial charge in [-0.25, -0.2) is 0 Å². The Bertz CT molecular complexity index is 1000. The lowest BCUT2D eigenvalue weighted by atomic mass is 10.1. The van der Waals surface area contributed by atoms with Crippen LogP contribution in [-0.2, 0) is 17.0 Å². The summed E-state index contributed by atoms with van der Waals surface area (Å²) in [4.78, 5) is 16.1. The summed E-state index contributed by atoms with van der Waals surface area (Å²) in [6.07, 6.45) is -3.22. The zero-order valence-electron chi connectivity index (χ0n) is 13.8. The molecule has 3 rings (SSSR count). The second kappa shape index (κ2) is 7.31. The van der Waals surface area contributed by atoms with Crippen molar-refractivity contribution < 1.29 is 26.7 Å². The second-order valence-corrected chi connectivity index (χ2v) is 6.75. The largest absolute Gasteiger partial charge is 0.471 e. The molecule has 0 spiro atoms. The van der Waals surface area contributed by atoms with Crippen molar-refractivity contribution in [3.05, 3.63) is 60.0 Å². The summed E-state index contributed by atoms with van der Waals surface area (Å²) in [6, 6.07) is 12.3. The lowest BCUT2D eigenvalue weighted by Crippen LogP contribution is -2.13. The number of anilines is 1. The molecular weight excluding hydrogens is 383 g/mol. The maximum Gasteiger partial charge on any atom is 0.471 e. The van der Waals surface area contributed by atoms with E-state index in [1.165, 1.54) is 30.5 Å². The van der Waals surface area contributed by atoms with Crippen LogP contribution in [0.4, 0.5) is 18.9 Å². The predicted octanol–water partition coefficient (Wildman–Crippen LogP) is 3.75. The maximum atomic E-state index is 12.5. The fraction of sp³-hybridized carbons (Fsp3) is 0.118. The smallest absolute Gasteiger partial charge is 0.329 e. The molecule has 1 aromatic heterocycles. The number of para-hydroxylation sites is 1. The first kappa shape index (κ1) is 18.8. The number of nitrogens with one attached hydrogen (secondary N) is 1. The van der Waals surface area contributed by atoms with E-state index in [0.717, 1.165) is 0 Å². The molecule has 0 radical (unpaired) electrons. The van der Waals surface area contributed by atoms with Crippen molar-refractivity contribution >= 4 is 22.4 Å². The Balaban J connectivity index is 1.79. The van der Waals surface area contributed by atoms with Gasteiger partial charge in [0.05, 0.1) is 21.4 Å². The van der Waals surface area contributed by atoms with Gasteiger partial charge < -0.3 is 9.84 Å². The van der Waals surface area contributed by atoms with E-state index in [1.807, 2.05) is 0 Å². The van der Waals surface area contributed by atoms with Gasteiger partial charge in [-0.3, -0.25) is 9.00 Å². The quantitative estimate of drug-likeness (QED) is 0.727. The number of hydrogen-bond donors (Lipinski definition) is 1. The molecule has 0 aliphatic heterocycles. The van der Waals surface area contributed by atoms with Crippen molar-refractivity contribution in [2.75, 3.05) is 11.6 Å². The molecule has 0 fully saturated rings. The highest BCUT2D eigenvalue weighted by molar-refractivity contribution is 7.84. The number of carbonyl (C=O) groups excluding carboxylic acids is 1. The topological polar surface area (TPSA) is 85.1 Å². The summed E-state index contributed by atoms with van der Waals surface area (Å²) in [5.74, 6) is -2.13. The molecule has 1 atom stereocenters. The molecule has 1 amide bonds. The van der Waals surface area contributed by atoms with E-state index in [4.69, 9.17) is 0 Å². The number of hydrogen-bond acceptors (Lipinski definition) is 5. The molecule has 0 bridgehead atoms. The maximum absolute atomic E-state index is 12.5. The summed E-state index contributed by atoms with van der Waals surface area (Å²) >= 11 is 0. The third-order valence-electron chi connectivity index (χ3n) is 3.52. The summed E-state index contributed by atoms with van der Waals surface area (Å²) < 4.78 is 53.4. The van der Waals surface area contributed by atoms with Crippen LogP contribution >= 0.6 is 0 Å². The molecule has 6 nitrogen and oxygen atoms in total. The molecule has 1 heterocycles. The van der Waals surface area contributed by atoms with Crippen molar-refractivity contribution in [2.45, 2.75) is 11.1 Å². The van der Waals surface area contributed by atoms with Crippen molar-refractivity contribution in [1.82, 2.24) is 10.1 Å². The number of aromatic nitrogens is 2. The molecule has 1 N–H and O–H groups in total. The lowest BCUT2D eigenvalue weighted by molar-refractivity contribution is -0.159. The van der Waals surface area contributed by atoms with Gasteiger partial charge in [0.1, 0.15) is 0 Å². The van der Waals surface area contributed by atoms with Crippen molar-refractivity contribution in [1.29, 1.82) is 0 Å². The van der Waals surface area contributed by atoms with Crippen LogP contribution in [0.25, 0.3) is 11.4 Å². The van der Waals surface area contributed by atoms with Gasteiger partial charge in [0.2, 0.25) is 5.82 Å². The number of rotatable bonds is 4. The first-order chi connectivity index (χ1) is 12.8. The molecule has 0 unspecified atom stereocenters. The van der Waals surface area contributed by atoms with Gasteiger partial charge in [0, 0.05) is 17.4 Å². The number of carbonyl (C=O) groups is 1.